The summed E-state index contributed by atoms with van der Waals surface area (Å²) in [5.74, 6) is 0.901. The minimum Gasteiger partial charge on any atom is -0.357 e. The summed E-state index contributed by atoms with van der Waals surface area (Å²) in [6, 6.07) is 0. The molecule has 0 spiro atoms. The van der Waals surface area contributed by atoms with Gasteiger partial charge in [0.05, 0.1) is 0 Å². The Labute approximate surface area is 135 Å². The van der Waals surface area contributed by atoms with Crippen LogP contribution in [0.4, 0.5) is 0 Å². The van der Waals surface area contributed by atoms with Gasteiger partial charge in [-0.05, 0) is 52.2 Å². The Kier molecular flexibility index (Phi) is 12.5. The van der Waals surface area contributed by atoms with E-state index < -0.39 is 0 Å². The second-order valence-electron chi connectivity index (χ2n) is 4.69. The molecular formula is C14H29IN4. The molecule has 0 aromatic carbocycles. The molecule has 1 aliphatic rings. The third-order valence-electron chi connectivity index (χ3n) is 3.11. The van der Waals surface area contributed by atoms with Gasteiger partial charge in [0, 0.05) is 19.6 Å². The number of guanidine groups is 1. The average molecular weight is 380 g/mol. The van der Waals surface area contributed by atoms with Gasteiger partial charge < -0.3 is 15.5 Å². The fourth-order valence-corrected chi connectivity index (χ4v) is 2.15. The number of hydrogen-bond donors (Lipinski definition) is 2. The van der Waals surface area contributed by atoms with Crippen molar-refractivity contribution in [2.75, 3.05) is 39.3 Å². The van der Waals surface area contributed by atoms with Gasteiger partial charge in [0.25, 0.3) is 0 Å². The van der Waals surface area contributed by atoms with E-state index in [2.05, 4.69) is 34.0 Å². The van der Waals surface area contributed by atoms with E-state index in [0.29, 0.717) is 0 Å². The summed E-state index contributed by atoms with van der Waals surface area (Å²) < 4.78 is 0. The average Bonchev–Trinajstić information content (AvgIpc) is 2.88. The van der Waals surface area contributed by atoms with Crippen LogP contribution in [0.5, 0.6) is 0 Å². The molecule has 5 heteroatoms. The monoisotopic (exact) mass is 380 g/mol. The number of likely N-dealkylation sites (tertiary alicyclic amines) is 1. The molecule has 0 atom stereocenters. The second kappa shape index (κ2) is 12.7. The summed E-state index contributed by atoms with van der Waals surface area (Å²) in [5, 5.41) is 6.44. The van der Waals surface area contributed by atoms with Crippen molar-refractivity contribution in [3.05, 3.63) is 12.7 Å². The van der Waals surface area contributed by atoms with Gasteiger partial charge in [0.15, 0.2) is 5.96 Å². The summed E-state index contributed by atoms with van der Waals surface area (Å²) in [4.78, 5) is 7.10. The van der Waals surface area contributed by atoms with Gasteiger partial charge in [0.2, 0.25) is 0 Å². The Balaban J connectivity index is 0.00000324. The Morgan fingerprint density at radius 2 is 2.00 bits per heavy atom. The van der Waals surface area contributed by atoms with Crippen LogP contribution in [0.1, 0.15) is 32.6 Å². The summed E-state index contributed by atoms with van der Waals surface area (Å²) in [5.41, 5.74) is 0. The highest BCUT2D eigenvalue weighted by molar-refractivity contribution is 14.0. The Morgan fingerprint density at radius 1 is 1.26 bits per heavy atom. The molecule has 1 fully saturated rings. The zero-order valence-corrected chi connectivity index (χ0v) is 14.5. The lowest BCUT2D eigenvalue weighted by atomic mass is 10.3. The van der Waals surface area contributed by atoms with E-state index in [0.717, 1.165) is 25.6 Å². The fraction of sp³-hybridized carbons (Fsp3) is 0.786. The van der Waals surface area contributed by atoms with E-state index in [-0.39, 0.29) is 24.0 Å². The summed E-state index contributed by atoms with van der Waals surface area (Å²) in [7, 11) is 0. The van der Waals surface area contributed by atoms with E-state index in [1.54, 1.807) is 0 Å². The molecule has 0 bridgehead atoms. The van der Waals surface area contributed by atoms with Gasteiger partial charge in [-0.3, -0.25) is 4.99 Å². The predicted molar refractivity (Wildman–Crippen MR) is 94.5 cm³/mol. The minimum absolute atomic E-state index is 0. The van der Waals surface area contributed by atoms with E-state index in [1.165, 1.54) is 45.3 Å². The molecule has 2 N–H and O–H groups in total. The number of hydrogen-bond acceptors (Lipinski definition) is 2. The lowest BCUT2D eigenvalue weighted by Crippen LogP contribution is -2.37. The van der Waals surface area contributed by atoms with Gasteiger partial charge in [-0.2, -0.15) is 0 Å². The van der Waals surface area contributed by atoms with Crippen molar-refractivity contribution in [3.8, 4) is 0 Å². The van der Waals surface area contributed by atoms with Crippen molar-refractivity contribution in [1.82, 2.24) is 15.5 Å². The molecule has 0 unspecified atom stereocenters. The first-order valence-electron chi connectivity index (χ1n) is 7.22. The molecule has 0 aliphatic carbocycles. The van der Waals surface area contributed by atoms with Crippen molar-refractivity contribution in [2.24, 2.45) is 4.99 Å². The third kappa shape index (κ3) is 9.27. The lowest BCUT2D eigenvalue weighted by molar-refractivity contribution is 0.331. The Bertz CT molecular complexity index is 250. The third-order valence-corrected chi connectivity index (χ3v) is 3.11. The summed E-state index contributed by atoms with van der Waals surface area (Å²) >= 11 is 0. The van der Waals surface area contributed by atoms with Crippen LogP contribution in [0.15, 0.2) is 17.6 Å². The molecule has 0 saturated carbocycles. The van der Waals surface area contributed by atoms with Crippen molar-refractivity contribution in [1.29, 1.82) is 0 Å². The molecular weight excluding hydrogens is 351 g/mol. The van der Waals surface area contributed by atoms with Crippen LogP contribution in [0.25, 0.3) is 0 Å². The quantitative estimate of drug-likeness (QED) is 0.223. The first-order valence-corrected chi connectivity index (χ1v) is 7.22. The first kappa shape index (κ1) is 18.7. The molecule has 19 heavy (non-hydrogen) atoms. The van der Waals surface area contributed by atoms with Crippen molar-refractivity contribution in [3.63, 3.8) is 0 Å². The molecule has 112 valence electrons. The molecule has 1 rings (SSSR count). The fourth-order valence-electron chi connectivity index (χ4n) is 2.15. The van der Waals surface area contributed by atoms with Crippen LogP contribution >= 0.6 is 24.0 Å². The summed E-state index contributed by atoms with van der Waals surface area (Å²) in [6.07, 6.45) is 7.04. The number of rotatable bonds is 8. The Morgan fingerprint density at radius 3 is 2.63 bits per heavy atom. The molecule has 1 heterocycles. The number of aliphatic imine (C=N–C) groups is 1. The van der Waals surface area contributed by atoms with E-state index >= 15 is 0 Å². The molecule has 1 saturated heterocycles. The second-order valence-corrected chi connectivity index (χ2v) is 4.69. The zero-order valence-electron chi connectivity index (χ0n) is 12.2. The number of halogens is 1. The normalized spacial score (nSPS) is 15.9. The van der Waals surface area contributed by atoms with Gasteiger partial charge >= 0.3 is 0 Å². The van der Waals surface area contributed by atoms with E-state index in [9.17, 15) is 0 Å². The maximum atomic E-state index is 4.54. The Hall–Kier alpha value is -0.300. The van der Waals surface area contributed by atoms with Crippen LogP contribution in [-0.4, -0.2) is 50.1 Å². The van der Waals surface area contributed by atoms with Gasteiger partial charge in [0.1, 0.15) is 0 Å². The summed E-state index contributed by atoms with van der Waals surface area (Å²) in [6.45, 7) is 12.2. The minimum atomic E-state index is 0. The van der Waals surface area contributed by atoms with Crippen molar-refractivity contribution in [2.45, 2.75) is 32.6 Å². The van der Waals surface area contributed by atoms with Gasteiger partial charge in [-0.1, -0.05) is 6.08 Å². The van der Waals surface area contributed by atoms with Crippen LogP contribution < -0.4 is 10.6 Å². The highest BCUT2D eigenvalue weighted by Crippen LogP contribution is 2.08. The van der Waals surface area contributed by atoms with Crippen LogP contribution in [0.3, 0.4) is 0 Å². The molecule has 0 amide bonds. The van der Waals surface area contributed by atoms with Crippen LogP contribution in [-0.2, 0) is 0 Å². The predicted octanol–water partition coefficient (Wildman–Crippen LogP) is 2.22. The topological polar surface area (TPSA) is 39.7 Å². The largest absolute Gasteiger partial charge is 0.357 e. The maximum Gasteiger partial charge on any atom is 0.191 e. The molecule has 1 aliphatic heterocycles. The first-order chi connectivity index (χ1) is 8.86. The highest BCUT2D eigenvalue weighted by atomic mass is 127. The highest BCUT2D eigenvalue weighted by Gasteiger charge is 2.09. The number of nitrogens with zero attached hydrogens (tertiary/aromatic N) is 2. The molecule has 0 aromatic rings. The van der Waals surface area contributed by atoms with Crippen LogP contribution in [0, 0.1) is 0 Å². The molecule has 0 radical (unpaired) electrons. The number of unbranched alkanes of at least 4 members (excludes halogenated alkanes) is 1. The van der Waals surface area contributed by atoms with Crippen LogP contribution in [0.2, 0.25) is 0 Å². The standard InChI is InChI=1S/C14H28N4.HI/c1-3-9-16-14(15-4-2)17-10-5-6-11-18-12-7-8-13-18;/h3H,1,4-13H2,2H3,(H2,15,16,17);1H. The van der Waals surface area contributed by atoms with Crippen molar-refractivity contribution < 1.29 is 0 Å². The van der Waals surface area contributed by atoms with Gasteiger partial charge in [-0.25, -0.2) is 0 Å². The smallest absolute Gasteiger partial charge is 0.191 e. The van der Waals surface area contributed by atoms with Gasteiger partial charge in [-0.15, -0.1) is 30.6 Å². The molecule has 0 aromatic heterocycles. The maximum absolute atomic E-state index is 4.54. The molecule has 4 nitrogen and oxygen atoms in total. The zero-order chi connectivity index (χ0) is 13.1. The van der Waals surface area contributed by atoms with E-state index in [1.807, 2.05) is 6.08 Å². The SMILES string of the molecule is C=CCNC(=NCCCCN1CCCC1)NCC.I. The van der Waals surface area contributed by atoms with Crippen molar-refractivity contribution >= 4 is 29.9 Å². The lowest BCUT2D eigenvalue weighted by Gasteiger charge is -2.13. The van der Waals surface area contributed by atoms with E-state index in [4.69, 9.17) is 0 Å². The number of nitrogens with one attached hydrogen (secondary N) is 2.